The molecule has 0 aromatic carbocycles. The molecule has 0 aliphatic carbocycles. The Morgan fingerprint density at radius 1 is 1.30 bits per heavy atom. The van der Waals surface area contributed by atoms with Gasteiger partial charge in [-0.15, -0.1) is 11.3 Å². The summed E-state index contributed by atoms with van der Waals surface area (Å²) in [5, 5.41) is 9.08. The largest absolute Gasteiger partial charge is 0.356 e. The zero-order chi connectivity index (χ0) is 16.3. The van der Waals surface area contributed by atoms with Crippen molar-refractivity contribution in [2.75, 3.05) is 33.2 Å². The molecule has 0 spiro atoms. The Balaban J connectivity index is 1.60. The van der Waals surface area contributed by atoms with Crippen LogP contribution in [0.4, 0.5) is 0 Å². The Bertz CT molecular complexity index is 436. The third-order valence-electron chi connectivity index (χ3n) is 4.52. The number of piperidine rings is 1. The topological polar surface area (TPSA) is 39.7 Å². The van der Waals surface area contributed by atoms with Crippen LogP contribution < -0.4 is 10.6 Å². The molecule has 130 valence electrons. The van der Waals surface area contributed by atoms with Crippen molar-refractivity contribution in [3.63, 3.8) is 0 Å². The number of hydrogen-bond acceptors (Lipinski definition) is 3. The average molecular weight is 337 g/mol. The van der Waals surface area contributed by atoms with Crippen LogP contribution in [0.5, 0.6) is 0 Å². The average Bonchev–Trinajstić information content (AvgIpc) is 3.08. The van der Waals surface area contributed by atoms with Crippen molar-refractivity contribution in [1.82, 2.24) is 15.5 Å². The molecule has 1 saturated heterocycles. The second-order valence-electron chi connectivity index (χ2n) is 6.39. The highest BCUT2D eigenvalue weighted by molar-refractivity contribution is 7.09. The van der Waals surface area contributed by atoms with E-state index in [0.717, 1.165) is 31.5 Å². The van der Waals surface area contributed by atoms with Gasteiger partial charge in [0.2, 0.25) is 0 Å². The summed E-state index contributed by atoms with van der Waals surface area (Å²) in [5.41, 5.74) is 0. The quantitative estimate of drug-likeness (QED) is 0.435. The summed E-state index contributed by atoms with van der Waals surface area (Å²) < 4.78 is 0. The molecule has 0 saturated carbocycles. The van der Waals surface area contributed by atoms with Crippen LogP contribution in [0.2, 0.25) is 0 Å². The lowest BCUT2D eigenvalue weighted by molar-refractivity contribution is 0.179. The van der Waals surface area contributed by atoms with Gasteiger partial charge in [0, 0.05) is 31.6 Å². The summed E-state index contributed by atoms with van der Waals surface area (Å²) in [5.74, 6) is 1.73. The molecule has 0 amide bonds. The van der Waals surface area contributed by atoms with E-state index in [1.54, 1.807) is 0 Å². The van der Waals surface area contributed by atoms with Crippen LogP contribution in [0.1, 0.15) is 43.9 Å². The molecular formula is C18H32N4S. The minimum absolute atomic E-state index is 0.767. The standard InChI is InChI=1S/C18H32N4S/c1-3-4-5-10-20-18(19-2)21-14-16-8-11-22(12-9-16)15-17-7-6-13-23-17/h6-7,13,16H,3-5,8-12,14-15H2,1-2H3,(H2,19,20,21). The molecule has 1 aromatic rings. The predicted molar refractivity (Wildman–Crippen MR) is 101 cm³/mol. The van der Waals surface area contributed by atoms with Crippen molar-refractivity contribution in [2.24, 2.45) is 10.9 Å². The van der Waals surface area contributed by atoms with Gasteiger partial charge in [-0.05, 0) is 49.7 Å². The zero-order valence-corrected chi connectivity index (χ0v) is 15.5. The second-order valence-corrected chi connectivity index (χ2v) is 7.42. The van der Waals surface area contributed by atoms with E-state index >= 15 is 0 Å². The third-order valence-corrected chi connectivity index (χ3v) is 5.38. The van der Waals surface area contributed by atoms with Gasteiger partial charge in [-0.3, -0.25) is 9.89 Å². The summed E-state index contributed by atoms with van der Waals surface area (Å²) in [7, 11) is 1.86. The van der Waals surface area contributed by atoms with Crippen LogP contribution in [0, 0.1) is 5.92 Å². The van der Waals surface area contributed by atoms with Crippen LogP contribution in [-0.4, -0.2) is 44.1 Å². The molecule has 0 radical (unpaired) electrons. The maximum atomic E-state index is 4.32. The molecule has 23 heavy (non-hydrogen) atoms. The van der Waals surface area contributed by atoms with Gasteiger partial charge in [0.1, 0.15) is 0 Å². The van der Waals surface area contributed by atoms with E-state index in [2.05, 4.69) is 45.0 Å². The van der Waals surface area contributed by atoms with Crippen LogP contribution in [0.15, 0.2) is 22.5 Å². The summed E-state index contributed by atoms with van der Waals surface area (Å²) in [6.07, 6.45) is 6.33. The summed E-state index contributed by atoms with van der Waals surface area (Å²) in [6, 6.07) is 4.39. The fourth-order valence-corrected chi connectivity index (χ4v) is 3.76. The fourth-order valence-electron chi connectivity index (χ4n) is 3.02. The molecule has 0 bridgehead atoms. The monoisotopic (exact) mass is 336 g/mol. The lowest BCUT2D eigenvalue weighted by Gasteiger charge is -2.32. The fraction of sp³-hybridized carbons (Fsp3) is 0.722. The Morgan fingerprint density at radius 3 is 2.78 bits per heavy atom. The van der Waals surface area contributed by atoms with Crippen LogP contribution in [0.25, 0.3) is 0 Å². The summed E-state index contributed by atoms with van der Waals surface area (Å²) in [4.78, 5) is 8.39. The number of thiophene rings is 1. The molecule has 4 nitrogen and oxygen atoms in total. The zero-order valence-electron chi connectivity index (χ0n) is 14.7. The minimum Gasteiger partial charge on any atom is -0.356 e. The molecule has 2 rings (SSSR count). The molecule has 2 heterocycles. The lowest BCUT2D eigenvalue weighted by atomic mass is 9.97. The van der Waals surface area contributed by atoms with E-state index in [9.17, 15) is 0 Å². The number of guanidine groups is 1. The van der Waals surface area contributed by atoms with Crippen molar-refractivity contribution in [2.45, 2.75) is 45.6 Å². The number of unbranched alkanes of at least 4 members (excludes halogenated alkanes) is 2. The van der Waals surface area contributed by atoms with Gasteiger partial charge >= 0.3 is 0 Å². The third kappa shape index (κ3) is 6.92. The van der Waals surface area contributed by atoms with Crippen molar-refractivity contribution in [3.05, 3.63) is 22.4 Å². The van der Waals surface area contributed by atoms with Crippen molar-refractivity contribution >= 4 is 17.3 Å². The van der Waals surface area contributed by atoms with Gasteiger partial charge in [0.05, 0.1) is 0 Å². The highest BCUT2D eigenvalue weighted by Gasteiger charge is 2.19. The first-order valence-corrected chi connectivity index (χ1v) is 9.89. The first-order chi connectivity index (χ1) is 11.3. The number of hydrogen-bond donors (Lipinski definition) is 2. The molecule has 2 N–H and O–H groups in total. The van der Waals surface area contributed by atoms with Gasteiger partial charge in [0.25, 0.3) is 0 Å². The van der Waals surface area contributed by atoms with Crippen LogP contribution in [0.3, 0.4) is 0 Å². The number of likely N-dealkylation sites (tertiary alicyclic amines) is 1. The van der Waals surface area contributed by atoms with Crippen LogP contribution >= 0.6 is 11.3 Å². The molecule has 1 fully saturated rings. The maximum Gasteiger partial charge on any atom is 0.190 e. The van der Waals surface area contributed by atoms with E-state index in [1.165, 1.54) is 50.1 Å². The Hall–Kier alpha value is -1.07. The van der Waals surface area contributed by atoms with E-state index in [0.29, 0.717) is 0 Å². The SMILES string of the molecule is CCCCCNC(=NC)NCC1CCN(Cc2cccs2)CC1. The molecule has 1 aromatic heterocycles. The van der Waals surface area contributed by atoms with Crippen molar-refractivity contribution in [1.29, 1.82) is 0 Å². The molecule has 1 aliphatic heterocycles. The molecule has 0 unspecified atom stereocenters. The number of nitrogens with one attached hydrogen (secondary N) is 2. The summed E-state index contributed by atoms with van der Waals surface area (Å²) in [6.45, 7) is 7.85. The highest BCUT2D eigenvalue weighted by atomic mass is 32.1. The number of aliphatic imine (C=N–C) groups is 1. The molecular weight excluding hydrogens is 304 g/mol. The van der Waals surface area contributed by atoms with Gasteiger partial charge in [0.15, 0.2) is 5.96 Å². The molecule has 1 aliphatic rings. The first-order valence-electron chi connectivity index (χ1n) is 9.01. The molecule has 0 atom stereocenters. The van der Waals surface area contributed by atoms with Gasteiger partial charge < -0.3 is 10.6 Å². The normalized spacial score (nSPS) is 17.4. The Morgan fingerprint density at radius 2 is 2.13 bits per heavy atom. The van der Waals surface area contributed by atoms with Gasteiger partial charge in [-0.25, -0.2) is 0 Å². The van der Waals surface area contributed by atoms with Crippen molar-refractivity contribution < 1.29 is 0 Å². The Kier molecular flexibility index (Phi) is 8.47. The van der Waals surface area contributed by atoms with E-state index in [1.807, 2.05) is 18.4 Å². The second kappa shape index (κ2) is 10.7. The minimum atomic E-state index is 0.767. The van der Waals surface area contributed by atoms with E-state index in [-0.39, 0.29) is 0 Å². The number of nitrogens with zero attached hydrogens (tertiary/aromatic N) is 2. The smallest absolute Gasteiger partial charge is 0.190 e. The first kappa shape index (κ1) is 18.3. The molecule has 5 heteroatoms. The predicted octanol–water partition coefficient (Wildman–Crippen LogP) is 3.32. The van der Waals surface area contributed by atoms with E-state index < -0.39 is 0 Å². The van der Waals surface area contributed by atoms with Gasteiger partial charge in [-0.2, -0.15) is 0 Å². The van der Waals surface area contributed by atoms with Crippen molar-refractivity contribution in [3.8, 4) is 0 Å². The van der Waals surface area contributed by atoms with Crippen LogP contribution in [-0.2, 0) is 6.54 Å². The van der Waals surface area contributed by atoms with E-state index in [4.69, 9.17) is 0 Å². The highest BCUT2D eigenvalue weighted by Crippen LogP contribution is 2.20. The number of rotatable bonds is 8. The lowest BCUT2D eigenvalue weighted by Crippen LogP contribution is -2.42. The summed E-state index contributed by atoms with van der Waals surface area (Å²) >= 11 is 1.87. The maximum absolute atomic E-state index is 4.32. The Labute approximate surface area is 145 Å². The van der Waals surface area contributed by atoms with Gasteiger partial charge in [-0.1, -0.05) is 25.8 Å².